The molecule has 0 saturated heterocycles. The number of rotatable bonds is 51. The van der Waals surface area contributed by atoms with Gasteiger partial charge < -0.3 is 14.2 Å². The molecule has 0 aliphatic carbocycles. The summed E-state index contributed by atoms with van der Waals surface area (Å²) in [6.07, 6.45) is 61.5. The van der Waals surface area contributed by atoms with Crippen molar-refractivity contribution in [1.82, 2.24) is 0 Å². The fraction of sp³-hybridized carbons (Fsp3) is 0.877. The summed E-state index contributed by atoms with van der Waals surface area (Å²) in [5.74, 6) is -0.886. The van der Waals surface area contributed by atoms with Gasteiger partial charge in [0.05, 0.1) is 0 Å². The summed E-state index contributed by atoms with van der Waals surface area (Å²) in [4.78, 5) is 37.2. The van der Waals surface area contributed by atoms with Crippen LogP contribution >= 0.6 is 0 Å². The molecule has 1 atom stereocenters. The van der Waals surface area contributed by atoms with Crippen LogP contribution in [-0.4, -0.2) is 37.2 Å². The molecule has 0 aromatic heterocycles. The first-order valence-electron chi connectivity index (χ1n) is 27.8. The summed E-state index contributed by atoms with van der Waals surface area (Å²) in [7, 11) is 0. The number of unbranched alkanes of at least 4 members (excludes halogenated alkanes) is 36. The van der Waals surface area contributed by atoms with Crippen molar-refractivity contribution in [2.45, 2.75) is 309 Å². The fourth-order valence-corrected chi connectivity index (χ4v) is 8.24. The van der Waals surface area contributed by atoms with Crippen LogP contribution in [0.3, 0.4) is 0 Å². The van der Waals surface area contributed by atoms with E-state index in [1.54, 1.807) is 0 Å². The van der Waals surface area contributed by atoms with Crippen LogP contribution in [0.15, 0.2) is 24.3 Å². The first kappa shape index (κ1) is 60.9. The van der Waals surface area contributed by atoms with Crippen LogP contribution in [-0.2, 0) is 28.6 Å². The Hall–Kier alpha value is -2.11. The zero-order valence-corrected chi connectivity index (χ0v) is 42.4. The molecule has 0 aromatic rings. The highest BCUT2D eigenvalue weighted by Crippen LogP contribution is 2.17. The van der Waals surface area contributed by atoms with E-state index in [0.29, 0.717) is 19.3 Å². The number of allylic oxidation sites excluding steroid dienone is 4. The quantitative estimate of drug-likeness (QED) is 0.0262. The van der Waals surface area contributed by atoms with E-state index in [1.165, 1.54) is 186 Å². The average Bonchev–Trinajstić information content (AvgIpc) is 3.28. The summed E-state index contributed by atoms with van der Waals surface area (Å²) in [6, 6.07) is 0. The van der Waals surface area contributed by atoms with Crippen LogP contribution in [0.4, 0.5) is 0 Å². The molecule has 0 saturated carbocycles. The van der Waals surface area contributed by atoms with Crippen LogP contribution in [0.2, 0.25) is 0 Å². The Labute approximate surface area is 392 Å². The Kier molecular flexibility index (Phi) is 50.8. The standard InChI is InChI=1S/C57H106O6/c1-4-7-10-13-14-15-16-17-18-19-20-21-22-23-24-25-26-27-28-29-30-31-32-33-34-35-36-37-38-39-40-41-42-45-47-50-56(59)62-53-54(63-57(60)51-48-44-12-9-6-3)52-61-55(58)49-46-43-11-8-5-2/h16-17,19-20,54H,4-15,18,21-53H2,1-3H3/b17-16-,20-19-. The number of hydrogen-bond acceptors (Lipinski definition) is 6. The van der Waals surface area contributed by atoms with E-state index in [0.717, 1.165) is 77.0 Å². The Balaban J connectivity index is 3.65. The lowest BCUT2D eigenvalue weighted by atomic mass is 10.0. The molecule has 0 spiro atoms. The summed E-state index contributed by atoms with van der Waals surface area (Å²) in [6.45, 7) is 6.48. The average molecular weight is 887 g/mol. The normalized spacial score (nSPS) is 12.1. The lowest BCUT2D eigenvalue weighted by Gasteiger charge is -2.18. The molecular formula is C57H106O6. The number of carbonyl (C=O) groups is 3. The summed E-state index contributed by atoms with van der Waals surface area (Å²) < 4.78 is 16.5. The Morgan fingerprint density at radius 2 is 0.571 bits per heavy atom. The molecule has 0 heterocycles. The van der Waals surface area contributed by atoms with E-state index in [1.807, 2.05) is 0 Å². The Morgan fingerprint density at radius 1 is 0.317 bits per heavy atom. The highest BCUT2D eigenvalue weighted by Gasteiger charge is 2.19. The fourth-order valence-electron chi connectivity index (χ4n) is 8.24. The minimum Gasteiger partial charge on any atom is -0.462 e. The third-order valence-corrected chi connectivity index (χ3v) is 12.5. The van der Waals surface area contributed by atoms with Gasteiger partial charge in [0.25, 0.3) is 0 Å². The Morgan fingerprint density at radius 3 is 0.873 bits per heavy atom. The first-order chi connectivity index (χ1) is 31.0. The molecule has 0 aromatic carbocycles. The minimum atomic E-state index is -0.757. The summed E-state index contributed by atoms with van der Waals surface area (Å²) in [5, 5.41) is 0. The summed E-state index contributed by atoms with van der Waals surface area (Å²) >= 11 is 0. The highest BCUT2D eigenvalue weighted by molar-refractivity contribution is 5.71. The SMILES string of the molecule is CCCCCCC/C=C\C/C=C\CCCCCCCCCCCCCCCCCCCCCCCCCC(=O)OCC(COC(=O)CCCCCCC)OC(=O)CCCCCCC. The smallest absolute Gasteiger partial charge is 0.306 e. The van der Waals surface area contributed by atoms with Gasteiger partial charge in [-0.1, -0.05) is 257 Å². The molecule has 0 amide bonds. The van der Waals surface area contributed by atoms with Crippen molar-refractivity contribution in [2.75, 3.05) is 13.2 Å². The van der Waals surface area contributed by atoms with Crippen LogP contribution in [0, 0.1) is 0 Å². The monoisotopic (exact) mass is 887 g/mol. The van der Waals surface area contributed by atoms with Crippen molar-refractivity contribution < 1.29 is 28.6 Å². The van der Waals surface area contributed by atoms with E-state index in [-0.39, 0.29) is 31.1 Å². The second kappa shape index (κ2) is 52.5. The Bertz CT molecular complexity index is 1020. The van der Waals surface area contributed by atoms with Crippen molar-refractivity contribution in [3.63, 3.8) is 0 Å². The van der Waals surface area contributed by atoms with Crippen molar-refractivity contribution in [3.8, 4) is 0 Å². The van der Waals surface area contributed by atoms with Gasteiger partial charge in [0.2, 0.25) is 0 Å². The van der Waals surface area contributed by atoms with Crippen LogP contribution < -0.4 is 0 Å². The first-order valence-corrected chi connectivity index (χ1v) is 27.8. The van der Waals surface area contributed by atoms with Gasteiger partial charge in [-0.2, -0.15) is 0 Å². The topological polar surface area (TPSA) is 78.9 Å². The van der Waals surface area contributed by atoms with Crippen LogP contribution in [0.1, 0.15) is 303 Å². The van der Waals surface area contributed by atoms with Crippen molar-refractivity contribution in [2.24, 2.45) is 0 Å². The maximum Gasteiger partial charge on any atom is 0.306 e. The van der Waals surface area contributed by atoms with E-state index in [2.05, 4.69) is 45.1 Å². The van der Waals surface area contributed by atoms with Gasteiger partial charge in [0.15, 0.2) is 6.10 Å². The van der Waals surface area contributed by atoms with Crippen molar-refractivity contribution in [3.05, 3.63) is 24.3 Å². The molecule has 63 heavy (non-hydrogen) atoms. The third kappa shape index (κ3) is 50.7. The second-order valence-corrected chi connectivity index (χ2v) is 18.9. The molecule has 6 nitrogen and oxygen atoms in total. The van der Waals surface area contributed by atoms with E-state index < -0.39 is 6.10 Å². The number of hydrogen-bond donors (Lipinski definition) is 0. The van der Waals surface area contributed by atoms with Gasteiger partial charge in [-0.05, 0) is 51.4 Å². The van der Waals surface area contributed by atoms with Gasteiger partial charge in [-0.3, -0.25) is 14.4 Å². The molecule has 6 heteroatoms. The number of carbonyl (C=O) groups excluding carboxylic acids is 3. The number of ether oxygens (including phenoxy) is 3. The third-order valence-electron chi connectivity index (χ3n) is 12.5. The van der Waals surface area contributed by atoms with Gasteiger partial charge in [0, 0.05) is 19.3 Å². The molecule has 0 aliphatic rings. The predicted octanol–water partition coefficient (Wildman–Crippen LogP) is 18.3. The van der Waals surface area contributed by atoms with E-state index in [9.17, 15) is 14.4 Å². The lowest BCUT2D eigenvalue weighted by molar-refractivity contribution is -0.167. The van der Waals surface area contributed by atoms with E-state index >= 15 is 0 Å². The zero-order chi connectivity index (χ0) is 45.8. The maximum atomic E-state index is 12.5. The highest BCUT2D eigenvalue weighted by atomic mass is 16.6. The van der Waals surface area contributed by atoms with E-state index in [4.69, 9.17) is 14.2 Å². The van der Waals surface area contributed by atoms with Crippen molar-refractivity contribution >= 4 is 17.9 Å². The molecular weight excluding hydrogens is 781 g/mol. The molecule has 1 unspecified atom stereocenters. The van der Waals surface area contributed by atoms with Crippen LogP contribution in [0.25, 0.3) is 0 Å². The van der Waals surface area contributed by atoms with Gasteiger partial charge >= 0.3 is 17.9 Å². The predicted molar refractivity (Wildman–Crippen MR) is 270 cm³/mol. The molecule has 0 rings (SSSR count). The number of esters is 3. The van der Waals surface area contributed by atoms with Gasteiger partial charge in [-0.25, -0.2) is 0 Å². The molecule has 0 fully saturated rings. The minimum absolute atomic E-state index is 0.0677. The van der Waals surface area contributed by atoms with Gasteiger partial charge in [-0.15, -0.1) is 0 Å². The second-order valence-electron chi connectivity index (χ2n) is 18.9. The lowest BCUT2D eigenvalue weighted by Crippen LogP contribution is -2.30. The van der Waals surface area contributed by atoms with Gasteiger partial charge in [0.1, 0.15) is 13.2 Å². The maximum absolute atomic E-state index is 12.5. The van der Waals surface area contributed by atoms with Crippen LogP contribution in [0.5, 0.6) is 0 Å². The molecule has 0 bridgehead atoms. The largest absolute Gasteiger partial charge is 0.462 e. The molecule has 0 aliphatic heterocycles. The molecule has 370 valence electrons. The molecule has 0 N–H and O–H groups in total. The molecule has 0 radical (unpaired) electrons. The summed E-state index contributed by atoms with van der Waals surface area (Å²) in [5.41, 5.74) is 0. The van der Waals surface area contributed by atoms with Crippen molar-refractivity contribution in [1.29, 1.82) is 0 Å². The zero-order valence-electron chi connectivity index (χ0n) is 42.4.